The molecule has 0 fully saturated rings. The third-order valence-corrected chi connectivity index (χ3v) is 11.9. The number of carbonyl (C=O) groups excluding carboxylic acids is 3. The lowest BCUT2D eigenvalue weighted by Crippen LogP contribution is -2.30. The Morgan fingerprint density at radius 2 is 0.571 bits per heavy atom. The molecule has 1 atom stereocenters. The van der Waals surface area contributed by atoms with Crippen molar-refractivity contribution < 1.29 is 28.6 Å². The number of rotatable bonds is 49. The van der Waals surface area contributed by atoms with Gasteiger partial charge in [0.1, 0.15) is 13.2 Å². The van der Waals surface area contributed by atoms with Crippen LogP contribution in [0.25, 0.3) is 0 Å². The molecule has 0 rings (SSSR count). The Labute approximate surface area is 390 Å². The first-order valence-corrected chi connectivity index (χ1v) is 27.2. The second kappa shape index (κ2) is 52.0. The molecule has 6 heteroatoms. The van der Waals surface area contributed by atoms with Crippen molar-refractivity contribution in [3.05, 3.63) is 48.6 Å². The summed E-state index contributed by atoms with van der Waals surface area (Å²) >= 11 is 0. The second-order valence-electron chi connectivity index (χ2n) is 18.2. The molecule has 1 unspecified atom stereocenters. The van der Waals surface area contributed by atoms with Gasteiger partial charge in [-0.25, -0.2) is 0 Å². The van der Waals surface area contributed by atoms with Gasteiger partial charge in [0.2, 0.25) is 0 Å². The maximum Gasteiger partial charge on any atom is 0.306 e. The number of ether oxygens (including phenoxy) is 3. The fourth-order valence-electron chi connectivity index (χ4n) is 7.81. The second-order valence-corrected chi connectivity index (χ2v) is 18.2. The molecule has 63 heavy (non-hydrogen) atoms. The number of allylic oxidation sites excluding steroid dienone is 8. The van der Waals surface area contributed by atoms with E-state index < -0.39 is 6.10 Å². The maximum atomic E-state index is 12.8. The molecule has 0 bridgehead atoms. The highest BCUT2D eigenvalue weighted by atomic mass is 16.6. The van der Waals surface area contributed by atoms with Crippen LogP contribution in [0, 0.1) is 0 Å². The highest BCUT2D eigenvalue weighted by Crippen LogP contribution is 2.16. The van der Waals surface area contributed by atoms with E-state index in [1.54, 1.807) is 0 Å². The van der Waals surface area contributed by atoms with E-state index in [0.717, 1.165) is 83.5 Å². The first kappa shape index (κ1) is 60.4. The summed E-state index contributed by atoms with van der Waals surface area (Å²) in [5.74, 6) is -0.890. The van der Waals surface area contributed by atoms with Crippen molar-refractivity contribution in [3.63, 3.8) is 0 Å². The van der Waals surface area contributed by atoms with Gasteiger partial charge in [0.05, 0.1) is 0 Å². The predicted octanol–water partition coefficient (Wildman–Crippen LogP) is 17.9. The van der Waals surface area contributed by atoms with Gasteiger partial charge in [-0.1, -0.05) is 262 Å². The lowest BCUT2D eigenvalue weighted by atomic mass is 10.0. The Balaban J connectivity index is 4.35. The Kier molecular flexibility index (Phi) is 49.8. The smallest absolute Gasteiger partial charge is 0.306 e. The molecule has 0 spiro atoms. The summed E-state index contributed by atoms with van der Waals surface area (Å²) in [7, 11) is 0. The van der Waals surface area contributed by atoms with E-state index >= 15 is 0 Å². The predicted molar refractivity (Wildman–Crippen MR) is 270 cm³/mol. The topological polar surface area (TPSA) is 78.9 Å². The number of carbonyl (C=O) groups is 3. The van der Waals surface area contributed by atoms with Crippen molar-refractivity contribution in [2.24, 2.45) is 0 Å². The van der Waals surface area contributed by atoms with Gasteiger partial charge < -0.3 is 14.2 Å². The lowest BCUT2D eigenvalue weighted by Gasteiger charge is -2.18. The van der Waals surface area contributed by atoms with Crippen LogP contribution in [0.5, 0.6) is 0 Å². The van der Waals surface area contributed by atoms with Gasteiger partial charge in [-0.15, -0.1) is 0 Å². The van der Waals surface area contributed by atoms with E-state index in [1.165, 1.54) is 154 Å². The summed E-state index contributed by atoms with van der Waals surface area (Å²) in [5.41, 5.74) is 0. The van der Waals surface area contributed by atoms with Crippen LogP contribution in [0.4, 0.5) is 0 Å². The van der Waals surface area contributed by atoms with Gasteiger partial charge in [-0.3, -0.25) is 14.4 Å². The molecule has 0 aromatic heterocycles. The molecule has 0 saturated carbocycles. The minimum atomic E-state index is -0.778. The Morgan fingerprint density at radius 1 is 0.317 bits per heavy atom. The molecule has 6 nitrogen and oxygen atoms in total. The van der Waals surface area contributed by atoms with Crippen LogP contribution in [-0.2, 0) is 28.6 Å². The first-order valence-electron chi connectivity index (χ1n) is 27.2. The van der Waals surface area contributed by atoms with Gasteiger partial charge in [0.25, 0.3) is 0 Å². The summed E-state index contributed by atoms with van der Waals surface area (Å²) in [5, 5.41) is 0. The molecular formula is C57H102O6. The molecule has 0 aromatic rings. The van der Waals surface area contributed by atoms with E-state index in [-0.39, 0.29) is 31.1 Å². The molecule has 0 amide bonds. The van der Waals surface area contributed by atoms with Crippen molar-refractivity contribution in [2.75, 3.05) is 13.2 Å². The fraction of sp³-hybridized carbons (Fsp3) is 0.807. The summed E-state index contributed by atoms with van der Waals surface area (Å²) < 4.78 is 16.8. The van der Waals surface area contributed by atoms with Crippen LogP contribution in [0.15, 0.2) is 48.6 Å². The zero-order valence-electron chi connectivity index (χ0n) is 41.8. The van der Waals surface area contributed by atoms with Crippen LogP contribution < -0.4 is 0 Å². The molecule has 0 saturated heterocycles. The van der Waals surface area contributed by atoms with Crippen molar-refractivity contribution >= 4 is 17.9 Å². The zero-order valence-corrected chi connectivity index (χ0v) is 41.8. The van der Waals surface area contributed by atoms with Crippen molar-refractivity contribution in [3.8, 4) is 0 Å². The average molecular weight is 883 g/mol. The van der Waals surface area contributed by atoms with Crippen molar-refractivity contribution in [1.29, 1.82) is 0 Å². The molecule has 366 valence electrons. The maximum absolute atomic E-state index is 12.8. The van der Waals surface area contributed by atoms with Gasteiger partial charge >= 0.3 is 17.9 Å². The molecule has 0 aliphatic rings. The molecule has 0 N–H and O–H groups in total. The first-order chi connectivity index (χ1) is 31.0. The third kappa shape index (κ3) is 50.2. The quantitative estimate of drug-likeness (QED) is 0.0262. The van der Waals surface area contributed by atoms with E-state index in [9.17, 15) is 14.4 Å². The fourth-order valence-corrected chi connectivity index (χ4v) is 7.81. The number of hydrogen-bond acceptors (Lipinski definition) is 6. The average Bonchev–Trinajstić information content (AvgIpc) is 3.28. The monoisotopic (exact) mass is 883 g/mol. The van der Waals surface area contributed by atoms with Crippen LogP contribution in [-0.4, -0.2) is 37.2 Å². The molecule has 0 aliphatic heterocycles. The number of hydrogen-bond donors (Lipinski definition) is 0. The molecule has 0 aromatic carbocycles. The van der Waals surface area contributed by atoms with Crippen LogP contribution in [0.1, 0.15) is 278 Å². The van der Waals surface area contributed by atoms with Gasteiger partial charge in [0, 0.05) is 19.3 Å². The summed E-state index contributed by atoms with van der Waals surface area (Å²) in [4.78, 5) is 38.0. The van der Waals surface area contributed by atoms with Crippen molar-refractivity contribution in [2.45, 2.75) is 284 Å². The highest BCUT2D eigenvalue weighted by Gasteiger charge is 2.19. The van der Waals surface area contributed by atoms with E-state index in [2.05, 4.69) is 69.4 Å². The van der Waals surface area contributed by atoms with Crippen LogP contribution in [0.2, 0.25) is 0 Å². The molecular weight excluding hydrogens is 781 g/mol. The highest BCUT2D eigenvalue weighted by molar-refractivity contribution is 5.71. The SMILES string of the molecule is CCCCC\C=C/C=C\C=C/C=C\CCCCCCCC(=O)OCC(COC(=O)CCCCCCCCCCCC)OC(=O)CCCCCCCCCCCCCCCCCCC. The lowest BCUT2D eigenvalue weighted by molar-refractivity contribution is -0.167. The van der Waals surface area contributed by atoms with E-state index in [0.29, 0.717) is 19.3 Å². The standard InChI is InChI=1S/C57H102O6/c1-4-7-10-13-16-19-22-24-26-28-30-31-33-35-38-41-44-47-50-56(59)62-53-54(52-61-55(58)49-46-43-40-37-21-18-15-12-9-6-3)63-57(60)51-48-45-42-39-36-34-32-29-27-25-23-20-17-14-11-8-5-2/h16,19,22,24,26,28,30-31,54H,4-15,17-18,20-21,23,25,27,29,32-53H2,1-3H3/b19-16-,24-22-,28-26-,31-30-. The van der Waals surface area contributed by atoms with Crippen LogP contribution in [0.3, 0.4) is 0 Å². The normalized spacial score (nSPS) is 12.4. The molecule has 0 aliphatic carbocycles. The van der Waals surface area contributed by atoms with Crippen molar-refractivity contribution in [1.82, 2.24) is 0 Å². The summed E-state index contributed by atoms with van der Waals surface area (Å²) in [6, 6.07) is 0. The zero-order chi connectivity index (χ0) is 45.8. The minimum absolute atomic E-state index is 0.0772. The Hall–Kier alpha value is -2.63. The van der Waals surface area contributed by atoms with E-state index in [1.807, 2.05) is 0 Å². The van der Waals surface area contributed by atoms with Gasteiger partial charge in [-0.2, -0.15) is 0 Å². The largest absolute Gasteiger partial charge is 0.462 e. The Bertz CT molecular complexity index is 1110. The van der Waals surface area contributed by atoms with Gasteiger partial charge in [0.15, 0.2) is 6.10 Å². The molecule has 0 radical (unpaired) electrons. The Morgan fingerprint density at radius 3 is 0.921 bits per heavy atom. The molecule has 0 heterocycles. The van der Waals surface area contributed by atoms with Crippen LogP contribution >= 0.6 is 0 Å². The minimum Gasteiger partial charge on any atom is -0.462 e. The number of unbranched alkanes of at least 4 members (excludes halogenated alkanes) is 33. The summed E-state index contributed by atoms with van der Waals surface area (Å²) in [6.07, 6.45) is 62.3. The third-order valence-electron chi connectivity index (χ3n) is 11.9. The van der Waals surface area contributed by atoms with E-state index in [4.69, 9.17) is 14.2 Å². The number of esters is 3. The van der Waals surface area contributed by atoms with Gasteiger partial charge in [-0.05, 0) is 44.9 Å². The summed E-state index contributed by atoms with van der Waals surface area (Å²) in [6.45, 7) is 6.60.